The Hall–Kier alpha value is -0.180. The number of amides is 1. The number of carbonyl (C=O) groups is 1. The zero-order valence-corrected chi connectivity index (χ0v) is 8.82. The van der Waals surface area contributed by atoms with Gasteiger partial charge in [0.1, 0.15) is 0 Å². The Balaban J connectivity index is 2.16. The Kier molecular flexibility index (Phi) is 2.71. The second-order valence-electron chi connectivity index (χ2n) is 4.31. The first-order valence-electron chi connectivity index (χ1n) is 4.39. The van der Waals surface area contributed by atoms with Crippen LogP contribution in [0, 0.1) is 11.3 Å². The number of nitrogens with one attached hydrogen (secondary N) is 1. The van der Waals surface area contributed by atoms with Crippen molar-refractivity contribution < 1.29 is 4.79 Å². The molecule has 2 atom stereocenters. The average molecular weight is 187 g/mol. The van der Waals surface area contributed by atoms with Crippen LogP contribution in [0.4, 0.5) is 0 Å². The molecule has 0 aromatic carbocycles. The van der Waals surface area contributed by atoms with Crippen LogP contribution >= 0.6 is 12.6 Å². The lowest BCUT2D eigenvalue weighted by molar-refractivity contribution is -0.120. The monoisotopic (exact) mass is 187 g/mol. The number of hydrogen-bond donors (Lipinski definition) is 2. The van der Waals surface area contributed by atoms with Crippen molar-refractivity contribution >= 4 is 18.5 Å². The molecule has 1 aliphatic carbocycles. The summed E-state index contributed by atoms with van der Waals surface area (Å²) in [5.41, 5.74) is 0.452. The first-order chi connectivity index (χ1) is 5.43. The molecular formula is C9H17NOS. The SMILES string of the molecule is CC(S)C(=O)NCC1CC1(C)C. The van der Waals surface area contributed by atoms with E-state index >= 15 is 0 Å². The summed E-state index contributed by atoms with van der Waals surface area (Å²) < 4.78 is 0. The van der Waals surface area contributed by atoms with E-state index in [2.05, 4.69) is 31.8 Å². The van der Waals surface area contributed by atoms with E-state index in [1.54, 1.807) is 6.92 Å². The molecule has 12 heavy (non-hydrogen) atoms. The van der Waals surface area contributed by atoms with Gasteiger partial charge < -0.3 is 5.32 Å². The van der Waals surface area contributed by atoms with Crippen molar-refractivity contribution in [3.05, 3.63) is 0 Å². The summed E-state index contributed by atoms with van der Waals surface area (Å²) >= 11 is 4.05. The molecule has 70 valence electrons. The lowest BCUT2D eigenvalue weighted by atomic mass is 10.1. The van der Waals surface area contributed by atoms with Crippen LogP contribution in [-0.4, -0.2) is 17.7 Å². The number of thiol groups is 1. The van der Waals surface area contributed by atoms with Crippen LogP contribution in [0.1, 0.15) is 27.2 Å². The van der Waals surface area contributed by atoms with Crippen LogP contribution in [0.2, 0.25) is 0 Å². The maximum Gasteiger partial charge on any atom is 0.232 e. The molecule has 0 bridgehead atoms. The molecule has 1 saturated carbocycles. The molecule has 3 heteroatoms. The molecule has 0 radical (unpaired) electrons. The molecule has 1 fully saturated rings. The summed E-state index contributed by atoms with van der Waals surface area (Å²) in [4.78, 5) is 11.1. The van der Waals surface area contributed by atoms with Gasteiger partial charge in [-0.2, -0.15) is 12.6 Å². The lowest BCUT2D eigenvalue weighted by Gasteiger charge is -2.07. The van der Waals surface area contributed by atoms with E-state index in [9.17, 15) is 4.79 Å². The minimum Gasteiger partial charge on any atom is -0.355 e. The predicted molar refractivity (Wildman–Crippen MR) is 53.3 cm³/mol. The fourth-order valence-electron chi connectivity index (χ4n) is 1.30. The quantitative estimate of drug-likeness (QED) is 0.644. The van der Waals surface area contributed by atoms with E-state index < -0.39 is 0 Å². The Morgan fingerprint density at radius 1 is 1.75 bits per heavy atom. The minimum atomic E-state index is -0.188. The maximum absolute atomic E-state index is 11.1. The fraction of sp³-hybridized carbons (Fsp3) is 0.889. The molecule has 0 heterocycles. The normalized spacial score (nSPS) is 27.8. The van der Waals surface area contributed by atoms with E-state index in [0.29, 0.717) is 11.3 Å². The van der Waals surface area contributed by atoms with Gasteiger partial charge in [-0.05, 0) is 24.7 Å². The molecule has 0 saturated heterocycles. The largest absolute Gasteiger partial charge is 0.355 e. The summed E-state index contributed by atoms with van der Waals surface area (Å²) in [6.07, 6.45) is 1.23. The van der Waals surface area contributed by atoms with Gasteiger partial charge in [-0.1, -0.05) is 13.8 Å². The molecule has 0 aromatic heterocycles. The highest BCUT2D eigenvalue weighted by Gasteiger charge is 2.45. The van der Waals surface area contributed by atoms with Gasteiger partial charge >= 0.3 is 0 Å². The third-order valence-corrected chi connectivity index (χ3v) is 2.85. The predicted octanol–water partition coefficient (Wildman–Crippen LogP) is 1.47. The third-order valence-electron chi connectivity index (χ3n) is 2.62. The summed E-state index contributed by atoms with van der Waals surface area (Å²) in [6, 6.07) is 0. The van der Waals surface area contributed by atoms with Gasteiger partial charge in [-0.15, -0.1) is 0 Å². The smallest absolute Gasteiger partial charge is 0.232 e. The minimum absolute atomic E-state index is 0.0426. The third kappa shape index (κ3) is 2.41. The van der Waals surface area contributed by atoms with Gasteiger partial charge in [0, 0.05) is 6.54 Å². The highest BCUT2D eigenvalue weighted by molar-refractivity contribution is 7.81. The Bertz CT molecular complexity index is 189. The molecule has 0 aliphatic heterocycles. The van der Waals surface area contributed by atoms with Crippen molar-refractivity contribution in [2.75, 3.05) is 6.54 Å². The van der Waals surface area contributed by atoms with Gasteiger partial charge in [0.05, 0.1) is 5.25 Å². The van der Waals surface area contributed by atoms with Crippen molar-refractivity contribution in [1.29, 1.82) is 0 Å². The molecule has 0 spiro atoms. The van der Waals surface area contributed by atoms with Gasteiger partial charge in [0.15, 0.2) is 0 Å². The molecule has 1 rings (SSSR count). The fourth-order valence-corrected chi connectivity index (χ4v) is 1.39. The highest BCUT2D eigenvalue weighted by atomic mass is 32.1. The van der Waals surface area contributed by atoms with E-state index in [1.165, 1.54) is 6.42 Å². The average Bonchev–Trinajstić information content (AvgIpc) is 2.54. The van der Waals surface area contributed by atoms with Gasteiger partial charge in [0.2, 0.25) is 5.91 Å². The van der Waals surface area contributed by atoms with Crippen molar-refractivity contribution in [3.8, 4) is 0 Å². The van der Waals surface area contributed by atoms with E-state index in [-0.39, 0.29) is 11.2 Å². The standard InChI is InChI=1S/C9H17NOS/c1-6(12)8(11)10-5-7-4-9(7,2)3/h6-7,12H,4-5H2,1-3H3,(H,10,11). The van der Waals surface area contributed by atoms with E-state index in [4.69, 9.17) is 0 Å². The van der Waals surface area contributed by atoms with Crippen LogP contribution in [0.3, 0.4) is 0 Å². The van der Waals surface area contributed by atoms with Gasteiger partial charge in [-0.25, -0.2) is 0 Å². The molecule has 1 N–H and O–H groups in total. The molecule has 2 unspecified atom stereocenters. The van der Waals surface area contributed by atoms with Crippen LogP contribution in [0.25, 0.3) is 0 Å². The van der Waals surface area contributed by atoms with Crippen molar-refractivity contribution in [2.24, 2.45) is 11.3 Å². The van der Waals surface area contributed by atoms with Crippen LogP contribution in [-0.2, 0) is 4.79 Å². The Morgan fingerprint density at radius 2 is 2.25 bits per heavy atom. The van der Waals surface area contributed by atoms with Crippen LogP contribution < -0.4 is 5.32 Å². The van der Waals surface area contributed by atoms with Crippen LogP contribution in [0.15, 0.2) is 0 Å². The summed E-state index contributed by atoms with van der Waals surface area (Å²) in [5, 5.41) is 2.70. The lowest BCUT2D eigenvalue weighted by Crippen LogP contribution is -2.31. The summed E-state index contributed by atoms with van der Waals surface area (Å²) in [7, 11) is 0. The second kappa shape index (κ2) is 3.29. The van der Waals surface area contributed by atoms with E-state index in [1.807, 2.05) is 0 Å². The second-order valence-corrected chi connectivity index (χ2v) is 5.09. The molecule has 0 aromatic rings. The highest BCUT2D eigenvalue weighted by Crippen LogP contribution is 2.50. The first kappa shape index (κ1) is 9.90. The maximum atomic E-state index is 11.1. The molecule has 1 amide bonds. The number of carbonyl (C=O) groups excluding carboxylic acids is 1. The summed E-state index contributed by atoms with van der Waals surface area (Å²) in [5.74, 6) is 0.717. The first-order valence-corrected chi connectivity index (χ1v) is 4.91. The topological polar surface area (TPSA) is 29.1 Å². The Morgan fingerprint density at radius 3 is 2.58 bits per heavy atom. The van der Waals surface area contributed by atoms with Crippen molar-refractivity contribution in [3.63, 3.8) is 0 Å². The van der Waals surface area contributed by atoms with Gasteiger partial charge in [0.25, 0.3) is 0 Å². The molecule has 2 nitrogen and oxygen atoms in total. The number of hydrogen-bond acceptors (Lipinski definition) is 2. The Labute approximate surface area is 79.5 Å². The number of rotatable bonds is 3. The zero-order chi connectivity index (χ0) is 9.35. The van der Waals surface area contributed by atoms with Crippen LogP contribution in [0.5, 0.6) is 0 Å². The van der Waals surface area contributed by atoms with Crippen molar-refractivity contribution in [2.45, 2.75) is 32.4 Å². The van der Waals surface area contributed by atoms with Crippen molar-refractivity contribution in [1.82, 2.24) is 5.32 Å². The summed E-state index contributed by atoms with van der Waals surface area (Å²) in [6.45, 7) is 7.06. The molecular weight excluding hydrogens is 170 g/mol. The van der Waals surface area contributed by atoms with Gasteiger partial charge in [-0.3, -0.25) is 4.79 Å². The van der Waals surface area contributed by atoms with E-state index in [0.717, 1.165) is 6.54 Å². The zero-order valence-electron chi connectivity index (χ0n) is 7.92. The molecule has 1 aliphatic rings.